The molecule has 1 aromatic rings. The zero-order chi connectivity index (χ0) is 11.1. The van der Waals surface area contributed by atoms with Crippen molar-refractivity contribution < 1.29 is 4.74 Å². The molecule has 1 aromatic carbocycles. The average molecular weight is 207 g/mol. The van der Waals surface area contributed by atoms with Gasteiger partial charge in [0.25, 0.3) is 0 Å². The first-order valence-electron chi connectivity index (χ1n) is 5.65. The maximum absolute atomic E-state index is 5.63. The van der Waals surface area contributed by atoms with Crippen molar-refractivity contribution >= 4 is 0 Å². The van der Waals surface area contributed by atoms with Crippen LogP contribution in [0.5, 0.6) is 5.75 Å². The standard InChI is InChI=1S/C13H21NO/c1-4-7-14-8-9-15-13-6-5-11(2)12(3)10-13/h5-6,10,14H,4,7-9H2,1-3H3. The molecule has 0 amide bonds. The molecule has 1 rings (SSSR count). The number of hydrogen-bond donors (Lipinski definition) is 1. The lowest BCUT2D eigenvalue weighted by Gasteiger charge is -2.08. The van der Waals surface area contributed by atoms with Crippen LogP contribution in [0.25, 0.3) is 0 Å². The molecule has 0 spiro atoms. The summed E-state index contributed by atoms with van der Waals surface area (Å²) in [5.74, 6) is 0.969. The van der Waals surface area contributed by atoms with Gasteiger partial charge in [0.15, 0.2) is 0 Å². The molecule has 1 N–H and O–H groups in total. The molecule has 0 aliphatic rings. The zero-order valence-corrected chi connectivity index (χ0v) is 9.97. The van der Waals surface area contributed by atoms with Crippen LogP contribution < -0.4 is 10.1 Å². The molecule has 84 valence electrons. The fraction of sp³-hybridized carbons (Fsp3) is 0.538. The smallest absolute Gasteiger partial charge is 0.119 e. The van der Waals surface area contributed by atoms with Crippen molar-refractivity contribution in [2.24, 2.45) is 0 Å². The van der Waals surface area contributed by atoms with Crippen LogP contribution in [-0.2, 0) is 0 Å². The molecule has 15 heavy (non-hydrogen) atoms. The summed E-state index contributed by atoms with van der Waals surface area (Å²) in [5, 5.41) is 3.31. The van der Waals surface area contributed by atoms with Crippen molar-refractivity contribution in [3.05, 3.63) is 29.3 Å². The summed E-state index contributed by atoms with van der Waals surface area (Å²) in [6.07, 6.45) is 1.17. The monoisotopic (exact) mass is 207 g/mol. The van der Waals surface area contributed by atoms with Gasteiger partial charge in [-0.2, -0.15) is 0 Å². The zero-order valence-electron chi connectivity index (χ0n) is 9.97. The van der Waals surface area contributed by atoms with Crippen molar-refractivity contribution in [1.29, 1.82) is 0 Å². The molecular weight excluding hydrogens is 186 g/mol. The first-order chi connectivity index (χ1) is 7.24. The lowest BCUT2D eigenvalue weighted by atomic mass is 10.1. The van der Waals surface area contributed by atoms with Crippen molar-refractivity contribution in [2.75, 3.05) is 19.7 Å². The predicted molar refractivity (Wildman–Crippen MR) is 64.6 cm³/mol. The van der Waals surface area contributed by atoms with E-state index in [1.807, 2.05) is 6.07 Å². The van der Waals surface area contributed by atoms with Crippen LogP contribution in [0, 0.1) is 13.8 Å². The van der Waals surface area contributed by atoms with E-state index < -0.39 is 0 Å². The van der Waals surface area contributed by atoms with Gasteiger partial charge in [0.1, 0.15) is 12.4 Å². The van der Waals surface area contributed by atoms with Crippen LogP contribution in [0.2, 0.25) is 0 Å². The lowest BCUT2D eigenvalue weighted by Crippen LogP contribution is -2.21. The molecule has 0 saturated carbocycles. The molecule has 2 nitrogen and oxygen atoms in total. The Morgan fingerprint density at radius 3 is 2.60 bits per heavy atom. The van der Waals surface area contributed by atoms with Gasteiger partial charge < -0.3 is 10.1 Å². The number of rotatable bonds is 6. The van der Waals surface area contributed by atoms with Crippen LogP contribution in [0.1, 0.15) is 24.5 Å². The van der Waals surface area contributed by atoms with E-state index in [1.54, 1.807) is 0 Å². The fourth-order valence-corrected chi connectivity index (χ4v) is 1.35. The fourth-order valence-electron chi connectivity index (χ4n) is 1.35. The van der Waals surface area contributed by atoms with E-state index in [0.717, 1.165) is 25.4 Å². The van der Waals surface area contributed by atoms with Gasteiger partial charge in [-0.25, -0.2) is 0 Å². The van der Waals surface area contributed by atoms with E-state index in [1.165, 1.54) is 17.5 Å². The Kier molecular flexibility index (Phi) is 5.19. The number of benzene rings is 1. The Balaban J connectivity index is 2.28. The molecule has 2 heteroatoms. The second-order valence-corrected chi connectivity index (χ2v) is 3.84. The molecule has 0 radical (unpaired) electrons. The molecule has 0 bridgehead atoms. The highest BCUT2D eigenvalue weighted by molar-refractivity contribution is 5.33. The van der Waals surface area contributed by atoms with E-state index >= 15 is 0 Å². The third-order valence-electron chi connectivity index (χ3n) is 2.45. The van der Waals surface area contributed by atoms with Crippen molar-refractivity contribution in [3.8, 4) is 5.75 Å². The Morgan fingerprint density at radius 1 is 1.13 bits per heavy atom. The average Bonchev–Trinajstić information content (AvgIpc) is 2.23. The highest BCUT2D eigenvalue weighted by atomic mass is 16.5. The largest absolute Gasteiger partial charge is 0.492 e. The first kappa shape index (κ1) is 12.1. The van der Waals surface area contributed by atoms with Gasteiger partial charge in [0.2, 0.25) is 0 Å². The predicted octanol–water partition coefficient (Wildman–Crippen LogP) is 2.68. The van der Waals surface area contributed by atoms with Crippen LogP contribution in [-0.4, -0.2) is 19.7 Å². The minimum absolute atomic E-state index is 0.739. The Hall–Kier alpha value is -1.02. The lowest BCUT2D eigenvalue weighted by molar-refractivity contribution is 0.314. The molecule has 0 fully saturated rings. The maximum Gasteiger partial charge on any atom is 0.119 e. The van der Waals surface area contributed by atoms with Crippen LogP contribution in [0.3, 0.4) is 0 Å². The summed E-state index contributed by atoms with van der Waals surface area (Å²) >= 11 is 0. The van der Waals surface area contributed by atoms with Crippen molar-refractivity contribution in [3.63, 3.8) is 0 Å². The van der Waals surface area contributed by atoms with Crippen molar-refractivity contribution in [1.82, 2.24) is 5.32 Å². The molecule has 0 unspecified atom stereocenters. The Labute approximate surface area is 92.6 Å². The highest BCUT2D eigenvalue weighted by Gasteiger charge is 1.96. The number of aryl methyl sites for hydroxylation is 2. The quantitative estimate of drug-likeness (QED) is 0.724. The summed E-state index contributed by atoms with van der Waals surface area (Å²) in [4.78, 5) is 0. The summed E-state index contributed by atoms with van der Waals surface area (Å²) in [6.45, 7) is 9.11. The molecule has 0 aromatic heterocycles. The molecule has 0 aliphatic heterocycles. The van der Waals surface area contributed by atoms with Gasteiger partial charge in [-0.05, 0) is 50.1 Å². The highest BCUT2D eigenvalue weighted by Crippen LogP contribution is 2.15. The van der Waals surface area contributed by atoms with Crippen LogP contribution in [0.15, 0.2) is 18.2 Å². The second kappa shape index (κ2) is 6.46. The van der Waals surface area contributed by atoms with E-state index in [2.05, 4.69) is 38.2 Å². The SMILES string of the molecule is CCCNCCOc1ccc(C)c(C)c1. The third kappa shape index (κ3) is 4.34. The first-order valence-corrected chi connectivity index (χ1v) is 5.65. The molecule has 0 aliphatic carbocycles. The Bertz CT molecular complexity index is 297. The van der Waals surface area contributed by atoms with Gasteiger partial charge >= 0.3 is 0 Å². The normalized spacial score (nSPS) is 10.3. The summed E-state index contributed by atoms with van der Waals surface area (Å²) in [7, 11) is 0. The van der Waals surface area contributed by atoms with Crippen LogP contribution >= 0.6 is 0 Å². The number of hydrogen-bond acceptors (Lipinski definition) is 2. The van der Waals surface area contributed by atoms with Crippen molar-refractivity contribution in [2.45, 2.75) is 27.2 Å². The van der Waals surface area contributed by atoms with Crippen LogP contribution in [0.4, 0.5) is 0 Å². The van der Waals surface area contributed by atoms with E-state index in [9.17, 15) is 0 Å². The molecule has 0 heterocycles. The summed E-state index contributed by atoms with van der Waals surface area (Å²) in [5.41, 5.74) is 2.60. The Morgan fingerprint density at radius 2 is 1.93 bits per heavy atom. The van der Waals surface area contributed by atoms with Gasteiger partial charge in [-0.3, -0.25) is 0 Å². The number of ether oxygens (including phenoxy) is 1. The molecule has 0 saturated heterocycles. The van der Waals surface area contributed by atoms with E-state index in [0.29, 0.717) is 0 Å². The van der Waals surface area contributed by atoms with E-state index in [4.69, 9.17) is 4.74 Å². The summed E-state index contributed by atoms with van der Waals surface area (Å²) in [6, 6.07) is 6.22. The van der Waals surface area contributed by atoms with Gasteiger partial charge in [0.05, 0.1) is 0 Å². The van der Waals surface area contributed by atoms with E-state index in [-0.39, 0.29) is 0 Å². The minimum atomic E-state index is 0.739. The summed E-state index contributed by atoms with van der Waals surface area (Å²) < 4.78 is 5.63. The molecule has 0 atom stereocenters. The second-order valence-electron chi connectivity index (χ2n) is 3.84. The van der Waals surface area contributed by atoms with Gasteiger partial charge in [0, 0.05) is 6.54 Å². The van der Waals surface area contributed by atoms with Gasteiger partial charge in [-0.1, -0.05) is 13.0 Å². The minimum Gasteiger partial charge on any atom is -0.492 e. The molecular formula is C13H21NO. The third-order valence-corrected chi connectivity index (χ3v) is 2.45. The van der Waals surface area contributed by atoms with Gasteiger partial charge in [-0.15, -0.1) is 0 Å². The topological polar surface area (TPSA) is 21.3 Å². The maximum atomic E-state index is 5.63. The number of nitrogens with one attached hydrogen (secondary N) is 1.